The summed E-state index contributed by atoms with van der Waals surface area (Å²) in [6.07, 6.45) is 5.85. The zero-order valence-corrected chi connectivity index (χ0v) is 11.9. The summed E-state index contributed by atoms with van der Waals surface area (Å²) in [7, 11) is 0. The van der Waals surface area contributed by atoms with Crippen LogP contribution >= 0.6 is 0 Å². The molecule has 2 heteroatoms. The Bertz CT molecular complexity index is 427. The van der Waals surface area contributed by atoms with Crippen molar-refractivity contribution in [2.75, 3.05) is 0 Å². The fourth-order valence-corrected chi connectivity index (χ4v) is 3.41. The van der Waals surface area contributed by atoms with Crippen molar-refractivity contribution in [3.05, 3.63) is 35.6 Å². The molecule has 0 saturated heterocycles. The van der Waals surface area contributed by atoms with E-state index in [0.29, 0.717) is 18.1 Å². The van der Waals surface area contributed by atoms with E-state index in [4.69, 9.17) is 0 Å². The molecule has 0 atom stereocenters. The number of ketones is 1. The molecule has 0 N–H and O–H groups in total. The molecule has 0 spiro atoms. The number of halogens is 1. The highest BCUT2D eigenvalue weighted by molar-refractivity contribution is 5.87. The number of rotatable bonds is 5. The van der Waals surface area contributed by atoms with Gasteiger partial charge in [-0.2, -0.15) is 0 Å². The van der Waals surface area contributed by atoms with Crippen LogP contribution in [0.15, 0.2) is 24.3 Å². The van der Waals surface area contributed by atoms with E-state index < -0.39 is 0 Å². The van der Waals surface area contributed by atoms with Crippen molar-refractivity contribution >= 4 is 5.78 Å². The highest BCUT2D eigenvalue weighted by Crippen LogP contribution is 2.44. The van der Waals surface area contributed by atoms with Crippen LogP contribution in [0.3, 0.4) is 0 Å². The molecule has 0 unspecified atom stereocenters. The summed E-state index contributed by atoms with van der Waals surface area (Å²) >= 11 is 0. The number of carbonyl (C=O) groups is 1. The minimum atomic E-state index is -0.242. The van der Waals surface area contributed by atoms with Crippen LogP contribution < -0.4 is 0 Å². The monoisotopic (exact) mass is 262 g/mol. The Labute approximate surface area is 115 Å². The van der Waals surface area contributed by atoms with Crippen LogP contribution in [-0.4, -0.2) is 5.78 Å². The topological polar surface area (TPSA) is 17.1 Å². The van der Waals surface area contributed by atoms with Crippen molar-refractivity contribution in [2.24, 2.45) is 11.3 Å². The molecule has 0 radical (unpaired) electrons. The predicted molar refractivity (Wildman–Crippen MR) is 75.5 cm³/mol. The van der Waals surface area contributed by atoms with E-state index in [1.54, 1.807) is 12.1 Å². The molecule has 0 heterocycles. The molecule has 1 aromatic rings. The summed E-state index contributed by atoms with van der Waals surface area (Å²) in [6.45, 7) is 4.37. The molecule has 0 aromatic heterocycles. The van der Waals surface area contributed by atoms with Gasteiger partial charge in [-0.1, -0.05) is 38.8 Å². The van der Waals surface area contributed by atoms with Crippen molar-refractivity contribution in [1.29, 1.82) is 0 Å². The van der Waals surface area contributed by atoms with Gasteiger partial charge in [-0.25, -0.2) is 4.39 Å². The molecule has 1 aliphatic carbocycles. The Hall–Kier alpha value is -1.18. The number of hydrogen-bond acceptors (Lipinski definition) is 1. The largest absolute Gasteiger partial charge is 0.299 e. The minimum absolute atomic E-state index is 0.109. The van der Waals surface area contributed by atoms with Gasteiger partial charge in [0.05, 0.1) is 0 Å². The second kappa shape index (κ2) is 5.85. The van der Waals surface area contributed by atoms with E-state index in [0.717, 1.165) is 24.8 Å². The maximum atomic E-state index is 12.9. The first-order chi connectivity index (χ1) is 9.02. The molecule has 1 aromatic carbocycles. The smallest absolute Gasteiger partial charge is 0.143 e. The van der Waals surface area contributed by atoms with Gasteiger partial charge in [0.2, 0.25) is 0 Å². The molecule has 0 amide bonds. The zero-order chi connectivity index (χ0) is 13.9. The number of benzene rings is 1. The van der Waals surface area contributed by atoms with Gasteiger partial charge >= 0.3 is 0 Å². The van der Waals surface area contributed by atoms with Crippen molar-refractivity contribution < 1.29 is 9.18 Å². The van der Waals surface area contributed by atoms with Crippen molar-refractivity contribution in [2.45, 2.75) is 52.4 Å². The van der Waals surface area contributed by atoms with E-state index >= 15 is 0 Å². The quantitative estimate of drug-likeness (QED) is 0.761. The second-order valence-corrected chi connectivity index (χ2v) is 6.31. The lowest BCUT2D eigenvalue weighted by molar-refractivity contribution is -0.128. The lowest BCUT2D eigenvalue weighted by Gasteiger charge is -2.29. The summed E-state index contributed by atoms with van der Waals surface area (Å²) < 4.78 is 12.9. The third-order valence-electron chi connectivity index (χ3n) is 4.23. The van der Waals surface area contributed by atoms with Crippen LogP contribution in [0.2, 0.25) is 0 Å². The van der Waals surface area contributed by atoms with E-state index in [1.165, 1.54) is 25.0 Å². The van der Waals surface area contributed by atoms with Gasteiger partial charge in [-0.3, -0.25) is 4.79 Å². The van der Waals surface area contributed by atoms with Gasteiger partial charge in [-0.15, -0.1) is 0 Å². The molecule has 0 bridgehead atoms. The Balaban J connectivity index is 2.09. The van der Waals surface area contributed by atoms with Gasteiger partial charge in [0.25, 0.3) is 0 Å². The third-order valence-corrected chi connectivity index (χ3v) is 4.23. The Morgan fingerprint density at radius 1 is 1.21 bits per heavy atom. The molecule has 19 heavy (non-hydrogen) atoms. The average molecular weight is 262 g/mol. The molecule has 1 nitrogen and oxygen atoms in total. The molecule has 1 aliphatic rings. The first kappa shape index (κ1) is 14.2. The lowest BCUT2D eigenvalue weighted by Crippen LogP contribution is -2.31. The standard InChI is InChI=1S/C17H23FO/c1-13(2)12-17(9-3-4-10-17)16(19)11-14-5-7-15(18)8-6-14/h5-8,13H,3-4,9-12H2,1-2H3. The van der Waals surface area contributed by atoms with Gasteiger partial charge in [-0.05, 0) is 42.9 Å². The Kier molecular flexibility index (Phi) is 4.38. The van der Waals surface area contributed by atoms with E-state index in [9.17, 15) is 9.18 Å². The highest BCUT2D eigenvalue weighted by atomic mass is 19.1. The molecular weight excluding hydrogens is 239 g/mol. The van der Waals surface area contributed by atoms with Crippen LogP contribution in [0.25, 0.3) is 0 Å². The Morgan fingerprint density at radius 3 is 2.32 bits per heavy atom. The lowest BCUT2D eigenvalue weighted by atomic mass is 9.73. The van der Waals surface area contributed by atoms with Crippen LogP contribution in [0.4, 0.5) is 4.39 Å². The van der Waals surface area contributed by atoms with Gasteiger partial charge < -0.3 is 0 Å². The maximum absolute atomic E-state index is 12.9. The van der Waals surface area contributed by atoms with Gasteiger partial charge in [0, 0.05) is 11.8 Å². The first-order valence-electron chi connectivity index (χ1n) is 7.30. The molecule has 0 aliphatic heterocycles. The molecule has 104 valence electrons. The Morgan fingerprint density at radius 2 is 1.79 bits per heavy atom. The number of hydrogen-bond donors (Lipinski definition) is 0. The second-order valence-electron chi connectivity index (χ2n) is 6.31. The first-order valence-corrected chi connectivity index (χ1v) is 7.30. The van der Waals surface area contributed by atoms with E-state index in [2.05, 4.69) is 13.8 Å². The number of Topliss-reactive ketones (excluding diaryl/α,β-unsaturated/α-hetero) is 1. The SMILES string of the molecule is CC(C)CC1(C(=O)Cc2ccc(F)cc2)CCCC1. The third kappa shape index (κ3) is 3.43. The van der Waals surface area contributed by atoms with E-state index in [-0.39, 0.29) is 11.2 Å². The van der Waals surface area contributed by atoms with Crippen molar-refractivity contribution in [3.63, 3.8) is 0 Å². The highest BCUT2D eigenvalue weighted by Gasteiger charge is 2.40. The average Bonchev–Trinajstić information content (AvgIpc) is 2.81. The number of carbonyl (C=O) groups excluding carboxylic acids is 1. The van der Waals surface area contributed by atoms with Crippen molar-refractivity contribution in [3.8, 4) is 0 Å². The predicted octanol–water partition coefficient (Wildman–Crippen LogP) is 4.54. The summed E-state index contributed by atoms with van der Waals surface area (Å²) in [6, 6.07) is 6.33. The minimum Gasteiger partial charge on any atom is -0.299 e. The maximum Gasteiger partial charge on any atom is 0.143 e. The summed E-state index contributed by atoms with van der Waals surface area (Å²) in [5, 5.41) is 0. The summed E-state index contributed by atoms with van der Waals surface area (Å²) in [4.78, 5) is 12.7. The zero-order valence-electron chi connectivity index (χ0n) is 11.9. The van der Waals surface area contributed by atoms with Crippen LogP contribution in [0.1, 0.15) is 51.5 Å². The molecular formula is C17H23FO. The van der Waals surface area contributed by atoms with Crippen LogP contribution in [0, 0.1) is 17.2 Å². The fourth-order valence-electron chi connectivity index (χ4n) is 3.41. The van der Waals surface area contributed by atoms with Crippen LogP contribution in [0.5, 0.6) is 0 Å². The molecule has 2 rings (SSSR count). The van der Waals surface area contributed by atoms with Crippen molar-refractivity contribution in [1.82, 2.24) is 0 Å². The fraction of sp³-hybridized carbons (Fsp3) is 0.588. The summed E-state index contributed by atoms with van der Waals surface area (Å²) in [5.74, 6) is 0.662. The summed E-state index contributed by atoms with van der Waals surface area (Å²) in [5.41, 5.74) is 0.823. The van der Waals surface area contributed by atoms with E-state index in [1.807, 2.05) is 0 Å². The van der Waals surface area contributed by atoms with Crippen LogP contribution in [-0.2, 0) is 11.2 Å². The van der Waals surface area contributed by atoms with Gasteiger partial charge in [0.1, 0.15) is 11.6 Å². The molecule has 1 saturated carbocycles. The normalized spacial score (nSPS) is 17.9. The molecule has 1 fully saturated rings. The van der Waals surface area contributed by atoms with Gasteiger partial charge in [0.15, 0.2) is 0 Å².